The van der Waals surface area contributed by atoms with Crippen LogP contribution in [0.2, 0.25) is 0 Å². The minimum absolute atomic E-state index is 0.0647. The van der Waals surface area contributed by atoms with Crippen molar-refractivity contribution >= 4 is 11.9 Å². The molecule has 0 unspecified atom stereocenters. The topological polar surface area (TPSA) is 66.7 Å². The van der Waals surface area contributed by atoms with Gasteiger partial charge in [-0.3, -0.25) is 15.7 Å². The monoisotopic (exact) mass is 347 g/mol. The van der Waals surface area contributed by atoms with Crippen LogP contribution < -0.4 is 0 Å². The molecule has 0 aliphatic carbocycles. The summed E-state index contributed by atoms with van der Waals surface area (Å²) in [4.78, 5) is 6.73. The van der Waals surface area contributed by atoms with Crippen molar-refractivity contribution in [2.45, 2.75) is 18.9 Å². The largest absolute Gasteiger partial charge is 0.407 e. The van der Waals surface area contributed by atoms with E-state index in [1.54, 1.807) is 12.1 Å². The van der Waals surface area contributed by atoms with Crippen molar-refractivity contribution in [1.29, 1.82) is 10.8 Å². The van der Waals surface area contributed by atoms with Gasteiger partial charge in [0.1, 0.15) is 5.82 Å². The van der Waals surface area contributed by atoms with Gasteiger partial charge in [-0.2, -0.15) is 0 Å². The quantitative estimate of drug-likeness (QED) is 0.633. The van der Waals surface area contributed by atoms with Crippen LogP contribution in [0.4, 0.5) is 4.39 Å². The lowest BCUT2D eigenvalue weighted by Crippen LogP contribution is -2.53. The van der Waals surface area contributed by atoms with Gasteiger partial charge in [0.25, 0.3) is 6.02 Å². The second kappa shape index (κ2) is 7.93. The number of amidine groups is 1. The third-order valence-corrected chi connectivity index (χ3v) is 5.12. The highest BCUT2D eigenvalue weighted by atomic mass is 19.1. The van der Waals surface area contributed by atoms with E-state index < -0.39 is 5.82 Å². The maximum absolute atomic E-state index is 13.7. The molecule has 0 radical (unpaired) electrons. The molecule has 1 aromatic carbocycles. The summed E-state index contributed by atoms with van der Waals surface area (Å²) >= 11 is 0. The molecule has 7 heteroatoms. The zero-order valence-corrected chi connectivity index (χ0v) is 14.7. The van der Waals surface area contributed by atoms with Crippen LogP contribution in [-0.4, -0.2) is 79.0 Å². The van der Waals surface area contributed by atoms with E-state index >= 15 is 0 Å². The summed E-state index contributed by atoms with van der Waals surface area (Å²) in [7, 11) is 2.16. The summed E-state index contributed by atoms with van der Waals surface area (Å²) in [6, 6.07) is 6.50. The first-order valence-electron chi connectivity index (χ1n) is 8.82. The average molecular weight is 347 g/mol. The fourth-order valence-electron chi connectivity index (χ4n) is 3.48. The third kappa shape index (κ3) is 4.35. The average Bonchev–Trinajstić information content (AvgIpc) is 2.63. The first-order chi connectivity index (χ1) is 12.0. The van der Waals surface area contributed by atoms with Crippen LogP contribution in [0.5, 0.6) is 0 Å². The Balaban J connectivity index is 1.48. The van der Waals surface area contributed by atoms with Crippen LogP contribution in [0.1, 0.15) is 18.4 Å². The predicted molar refractivity (Wildman–Crippen MR) is 95.7 cm³/mol. The highest BCUT2D eigenvalue weighted by molar-refractivity contribution is 5.98. The third-order valence-electron chi connectivity index (χ3n) is 5.12. The zero-order valence-electron chi connectivity index (χ0n) is 14.7. The summed E-state index contributed by atoms with van der Waals surface area (Å²) in [6.45, 7) is 5.90. The highest BCUT2D eigenvalue weighted by Gasteiger charge is 2.28. The van der Waals surface area contributed by atoms with Crippen molar-refractivity contribution in [1.82, 2.24) is 14.7 Å². The summed E-state index contributed by atoms with van der Waals surface area (Å²) in [5, 5.41) is 16.0. The molecule has 0 saturated carbocycles. The van der Waals surface area contributed by atoms with Gasteiger partial charge in [-0.05, 0) is 32.0 Å². The number of likely N-dealkylation sites (tertiary alicyclic amines) is 1. The van der Waals surface area contributed by atoms with Gasteiger partial charge in [0.2, 0.25) is 5.90 Å². The molecule has 136 valence electrons. The van der Waals surface area contributed by atoms with E-state index in [1.807, 2.05) is 4.90 Å². The van der Waals surface area contributed by atoms with Gasteiger partial charge >= 0.3 is 0 Å². The van der Waals surface area contributed by atoms with Gasteiger partial charge in [0.15, 0.2) is 0 Å². The molecule has 1 aromatic rings. The van der Waals surface area contributed by atoms with E-state index in [2.05, 4.69) is 16.8 Å². The molecule has 2 aliphatic rings. The molecule has 3 rings (SSSR count). The van der Waals surface area contributed by atoms with Gasteiger partial charge < -0.3 is 14.5 Å². The number of piperidine rings is 1. The van der Waals surface area contributed by atoms with Gasteiger partial charge in [0, 0.05) is 45.3 Å². The normalized spacial score (nSPS) is 20.5. The Morgan fingerprint density at radius 3 is 2.32 bits per heavy atom. The number of benzene rings is 1. The zero-order chi connectivity index (χ0) is 17.8. The van der Waals surface area contributed by atoms with E-state index in [0.29, 0.717) is 6.04 Å². The smallest absolute Gasteiger partial charge is 0.291 e. The van der Waals surface area contributed by atoms with E-state index in [9.17, 15) is 4.39 Å². The van der Waals surface area contributed by atoms with Crippen LogP contribution in [0.25, 0.3) is 0 Å². The van der Waals surface area contributed by atoms with Crippen LogP contribution in [0.3, 0.4) is 0 Å². The Hall–Kier alpha value is -1.99. The predicted octanol–water partition coefficient (Wildman–Crippen LogP) is 1.81. The van der Waals surface area contributed by atoms with Crippen molar-refractivity contribution in [2.24, 2.45) is 0 Å². The molecular formula is C18H26FN5O. The van der Waals surface area contributed by atoms with E-state index in [1.165, 1.54) is 12.1 Å². The molecule has 2 aliphatic heterocycles. The standard InChI is InChI=1S/C18H26FN5O/c1-22-10-12-23(13-11-22)14-6-8-24(9-7-14)18(21)25-17(20)15-4-2-3-5-16(15)19/h2-5,14,20-21H,6-13H2,1H3. The number of likely N-dealkylation sites (N-methyl/N-ethyl adjacent to an activating group) is 1. The van der Waals surface area contributed by atoms with E-state index in [0.717, 1.165) is 52.1 Å². The number of rotatable bonds is 2. The number of piperazine rings is 1. The van der Waals surface area contributed by atoms with Crippen molar-refractivity contribution in [3.8, 4) is 0 Å². The van der Waals surface area contributed by atoms with E-state index in [4.69, 9.17) is 15.6 Å². The highest BCUT2D eigenvalue weighted by Crippen LogP contribution is 2.19. The molecule has 2 fully saturated rings. The molecule has 0 bridgehead atoms. The fraction of sp³-hybridized carbons (Fsp3) is 0.556. The summed E-state index contributed by atoms with van der Waals surface area (Å²) in [5.41, 5.74) is 0.0829. The van der Waals surface area contributed by atoms with Crippen LogP contribution in [0, 0.1) is 16.6 Å². The number of halogens is 1. The van der Waals surface area contributed by atoms with Gasteiger partial charge in [0.05, 0.1) is 5.56 Å². The molecule has 0 aromatic heterocycles. The number of nitrogens with one attached hydrogen (secondary N) is 2. The lowest BCUT2D eigenvalue weighted by molar-refractivity contribution is 0.0786. The number of hydrogen-bond donors (Lipinski definition) is 2. The Labute approximate surface area is 148 Å². The number of ether oxygens (including phenoxy) is 1. The number of nitrogens with zero attached hydrogens (tertiary/aromatic N) is 3. The van der Waals surface area contributed by atoms with Crippen molar-refractivity contribution in [3.05, 3.63) is 35.6 Å². The Bertz CT molecular complexity index is 622. The molecular weight excluding hydrogens is 321 g/mol. The summed E-state index contributed by atoms with van der Waals surface area (Å²) < 4.78 is 19.0. The molecule has 25 heavy (non-hydrogen) atoms. The lowest BCUT2D eigenvalue weighted by atomic mass is 10.0. The minimum atomic E-state index is -0.505. The maximum atomic E-state index is 13.7. The molecule has 0 amide bonds. The van der Waals surface area contributed by atoms with Crippen molar-refractivity contribution in [2.75, 3.05) is 46.3 Å². The van der Waals surface area contributed by atoms with Gasteiger partial charge in [-0.1, -0.05) is 12.1 Å². The minimum Gasteiger partial charge on any atom is -0.407 e. The van der Waals surface area contributed by atoms with Crippen molar-refractivity contribution in [3.63, 3.8) is 0 Å². The van der Waals surface area contributed by atoms with Crippen LogP contribution in [-0.2, 0) is 4.74 Å². The SMILES string of the molecule is CN1CCN(C2CCN(C(=N)OC(=N)c3ccccc3F)CC2)CC1. The first kappa shape index (κ1) is 17.8. The Morgan fingerprint density at radius 1 is 1.04 bits per heavy atom. The Morgan fingerprint density at radius 2 is 1.68 bits per heavy atom. The Kier molecular flexibility index (Phi) is 5.65. The second-order valence-electron chi connectivity index (χ2n) is 6.77. The first-order valence-corrected chi connectivity index (χ1v) is 8.82. The fourth-order valence-corrected chi connectivity index (χ4v) is 3.48. The lowest BCUT2D eigenvalue weighted by Gasteiger charge is -2.42. The van der Waals surface area contributed by atoms with Gasteiger partial charge in [-0.15, -0.1) is 0 Å². The van der Waals surface area contributed by atoms with Gasteiger partial charge in [-0.25, -0.2) is 4.39 Å². The summed E-state index contributed by atoms with van der Waals surface area (Å²) in [6.07, 6.45) is 1.98. The van der Waals surface area contributed by atoms with Crippen molar-refractivity contribution < 1.29 is 9.13 Å². The molecule has 2 N–H and O–H groups in total. The van der Waals surface area contributed by atoms with Crippen LogP contribution >= 0.6 is 0 Å². The maximum Gasteiger partial charge on any atom is 0.291 e. The number of hydrogen-bond acceptors (Lipinski definition) is 5. The molecule has 2 saturated heterocycles. The molecule has 0 atom stereocenters. The van der Waals surface area contributed by atoms with Crippen LogP contribution in [0.15, 0.2) is 24.3 Å². The molecule has 6 nitrogen and oxygen atoms in total. The molecule has 0 spiro atoms. The van der Waals surface area contributed by atoms with E-state index in [-0.39, 0.29) is 17.5 Å². The summed E-state index contributed by atoms with van der Waals surface area (Å²) in [5.74, 6) is -0.821. The second-order valence-corrected chi connectivity index (χ2v) is 6.77. The molecule has 2 heterocycles.